The van der Waals surface area contributed by atoms with Gasteiger partial charge < -0.3 is 9.11 Å². The van der Waals surface area contributed by atoms with Crippen LogP contribution in [0, 0.1) is 0 Å². The van der Waals surface area contributed by atoms with Crippen LogP contribution in [0.25, 0.3) is 0 Å². The Kier molecular flexibility index (Phi) is 21.3. The molecule has 0 amide bonds. The first kappa shape index (κ1) is 24.3. The summed E-state index contributed by atoms with van der Waals surface area (Å²) in [4.78, 5) is 0. The van der Waals surface area contributed by atoms with Crippen molar-refractivity contribution in [1.82, 2.24) is 0 Å². The average molecular weight is 273 g/mol. The van der Waals surface area contributed by atoms with Crippen molar-refractivity contribution in [2.45, 2.75) is 0 Å². The Bertz CT molecular complexity index is 217. The fraction of sp³-hybridized carbons (Fsp3) is 0. The molecule has 0 heterocycles. The first-order chi connectivity index (χ1) is 4.00. The third-order valence-electron chi connectivity index (χ3n) is 0. The second kappa shape index (κ2) is 10.5. The zero-order valence-electron chi connectivity index (χ0n) is 7.16. The number of hydrogen-bond acceptors (Lipinski definition) is 6. The van der Waals surface area contributed by atoms with Gasteiger partial charge in [0.1, 0.15) is 0 Å². The Morgan fingerprint density at radius 3 is 0.917 bits per heavy atom. The van der Waals surface area contributed by atoms with Crippen LogP contribution in [0.4, 0.5) is 0 Å². The van der Waals surface area contributed by atoms with Gasteiger partial charge in [-0.3, -0.25) is 9.11 Å². The molecular formula is H3K2O8S2. The van der Waals surface area contributed by atoms with E-state index < -0.39 is 20.8 Å². The summed E-state index contributed by atoms with van der Waals surface area (Å²) in [6, 6.07) is 0. The number of rotatable bonds is 0. The fourth-order valence-electron chi connectivity index (χ4n) is 0. The molecule has 0 bridgehead atoms. The summed E-state index contributed by atoms with van der Waals surface area (Å²) >= 11 is 0. The molecule has 65 valence electrons. The summed E-state index contributed by atoms with van der Waals surface area (Å²) < 4.78 is 65.7. The smallest absolute Gasteiger partial charge is 0.726 e. The van der Waals surface area contributed by atoms with Crippen LogP contribution in [0.5, 0.6) is 0 Å². The first-order valence-electron chi connectivity index (χ1n) is 1.37. The zero-order valence-corrected chi connectivity index (χ0v) is 14.0. The van der Waals surface area contributed by atoms with Crippen molar-refractivity contribution in [3.8, 4) is 0 Å². The first-order valence-corrected chi connectivity index (χ1v) is 4.10. The molecule has 0 aliphatic heterocycles. The van der Waals surface area contributed by atoms with E-state index in [1.165, 1.54) is 0 Å². The second-order valence-electron chi connectivity index (χ2n) is 0.855. The number of hydrogen-bond donors (Lipinski definition) is 2. The van der Waals surface area contributed by atoms with Gasteiger partial charge in [0.25, 0.3) is 0 Å². The molecule has 1 radical (unpaired) electrons. The summed E-state index contributed by atoms with van der Waals surface area (Å²) in [5.74, 6) is 0. The third kappa shape index (κ3) is 207. The van der Waals surface area contributed by atoms with E-state index in [1.54, 1.807) is 0 Å². The Balaban J connectivity index is -0.0000000267. The minimum Gasteiger partial charge on any atom is -0.726 e. The molecule has 0 saturated carbocycles. The maximum atomic E-state index is 8.63. The van der Waals surface area contributed by atoms with Gasteiger partial charge in [0, 0.05) is 51.4 Å². The molecule has 0 aromatic carbocycles. The molecule has 0 aromatic heterocycles. The van der Waals surface area contributed by atoms with E-state index >= 15 is 0 Å². The summed E-state index contributed by atoms with van der Waals surface area (Å²) in [6.45, 7) is 0. The molecule has 0 saturated heterocycles. The molecule has 0 aliphatic rings. The van der Waals surface area contributed by atoms with Gasteiger partial charge in [-0.05, 0) is 0 Å². The van der Waals surface area contributed by atoms with E-state index in [4.69, 9.17) is 35.0 Å². The maximum Gasteiger partial charge on any atom is 1.00 e. The van der Waals surface area contributed by atoms with Gasteiger partial charge in [-0.15, -0.1) is 0 Å². The summed E-state index contributed by atoms with van der Waals surface area (Å²) in [5, 5.41) is 0. The van der Waals surface area contributed by atoms with Crippen LogP contribution in [0.1, 0.15) is 1.43 Å². The van der Waals surface area contributed by atoms with Crippen LogP contribution in [0.2, 0.25) is 0 Å². The predicted molar refractivity (Wildman–Crippen MR) is 31.5 cm³/mol. The molecular weight excluding hydrogens is 270 g/mol. The van der Waals surface area contributed by atoms with Gasteiger partial charge in [-0.2, -0.15) is 0 Å². The standard InChI is InChI=1S/2K.2H2O4S/c;;2*1-5(2,3)4/h;;2*(H2,1,2,3,4)/q;+1;;/p-1. The molecule has 0 spiro atoms. The Morgan fingerprint density at radius 1 is 0.917 bits per heavy atom. The maximum absolute atomic E-state index is 8.63. The van der Waals surface area contributed by atoms with Crippen molar-refractivity contribution >= 4 is 72.2 Å². The molecule has 12 heavy (non-hydrogen) atoms. The molecule has 8 nitrogen and oxygen atoms in total. The summed E-state index contributed by atoms with van der Waals surface area (Å²) in [7, 11) is -9.83. The van der Waals surface area contributed by atoms with Crippen LogP contribution in [0.15, 0.2) is 0 Å². The van der Waals surface area contributed by atoms with E-state index in [0.29, 0.717) is 0 Å². The Labute approximate surface area is 156 Å². The van der Waals surface area contributed by atoms with Crippen molar-refractivity contribution in [1.29, 1.82) is 0 Å². The molecule has 0 aliphatic carbocycles. The van der Waals surface area contributed by atoms with E-state index in [1.807, 2.05) is 0 Å². The molecule has 0 rings (SSSR count). The van der Waals surface area contributed by atoms with Gasteiger partial charge in [0.2, 0.25) is 20.8 Å². The van der Waals surface area contributed by atoms with Crippen molar-refractivity contribution in [2.75, 3.05) is 0 Å². The SMILES string of the molecule is O=S(=O)([O-])O.O=S(=O)([O-])O.[H+].[K+].[K]. The van der Waals surface area contributed by atoms with Gasteiger partial charge >= 0.3 is 52.8 Å². The Morgan fingerprint density at radius 2 is 0.917 bits per heavy atom. The molecule has 0 atom stereocenters. The minimum atomic E-state index is -4.92. The van der Waals surface area contributed by atoms with Crippen molar-refractivity contribution in [3.05, 3.63) is 0 Å². The second-order valence-corrected chi connectivity index (χ2v) is 2.57. The largest absolute Gasteiger partial charge is 1.00 e. The van der Waals surface area contributed by atoms with E-state index in [2.05, 4.69) is 0 Å². The van der Waals surface area contributed by atoms with Crippen LogP contribution in [-0.2, 0) is 20.8 Å². The summed E-state index contributed by atoms with van der Waals surface area (Å²) in [5.41, 5.74) is 0. The van der Waals surface area contributed by atoms with E-state index in [-0.39, 0.29) is 104 Å². The Hall–Kier alpha value is 3.01. The van der Waals surface area contributed by atoms with Gasteiger partial charge in [0.15, 0.2) is 0 Å². The predicted octanol–water partition coefficient (Wildman–Crippen LogP) is -5.26. The quantitative estimate of drug-likeness (QED) is 0.252. The van der Waals surface area contributed by atoms with Gasteiger partial charge in [-0.25, -0.2) is 16.8 Å². The monoisotopic (exact) mass is 273 g/mol. The normalized spacial score (nSPS) is 9.67. The van der Waals surface area contributed by atoms with E-state index in [0.717, 1.165) is 0 Å². The van der Waals surface area contributed by atoms with Crippen molar-refractivity contribution < 1.29 is 87.9 Å². The van der Waals surface area contributed by atoms with Crippen molar-refractivity contribution in [3.63, 3.8) is 0 Å². The van der Waals surface area contributed by atoms with Crippen molar-refractivity contribution in [2.24, 2.45) is 0 Å². The van der Waals surface area contributed by atoms with Crippen LogP contribution in [-0.4, -0.2) is 86.4 Å². The molecule has 2 N–H and O–H groups in total. The third-order valence-corrected chi connectivity index (χ3v) is 0. The summed E-state index contributed by atoms with van der Waals surface area (Å²) in [6.07, 6.45) is 0. The topological polar surface area (TPSA) is 155 Å². The molecule has 12 heteroatoms. The zero-order chi connectivity index (χ0) is 9.00. The molecule has 0 aromatic rings. The van der Waals surface area contributed by atoms with E-state index in [9.17, 15) is 0 Å². The van der Waals surface area contributed by atoms with Crippen LogP contribution >= 0.6 is 0 Å². The minimum absolute atomic E-state index is 0. The average Bonchev–Trinajstić information content (AvgIpc) is 1.12. The van der Waals surface area contributed by atoms with Crippen LogP contribution in [0.3, 0.4) is 0 Å². The fourth-order valence-corrected chi connectivity index (χ4v) is 0. The molecule has 0 fully saturated rings. The van der Waals surface area contributed by atoms with Gasteiger partial charge in [-0.1, -0.05) is 0 Å². The van der Waals surface area contributed by atoms with Gasteiger partial charge in [0.05, 0.1) is 0 Å². The van der Waals surface area contributed by atoms with Crippen LogP contribution < -0.4 is 51.4 Å². The molecule has 0 unspecified atom stereocenters.